The van der Waals surface area contributed by atoms with E-state index in [4.69, 9.17) is 5.73 Å². The summed E-state index contributed by atoms with van der Waals surface area (Å²) in [6, 6.07) is 0. The number of rotatable bonds is 8. The van der Waals surface area contributed by atoms with Gasteiger partial charge in [0.15, 0.2) is 0 Å². The van der Waals surface area contributed by atoms with Crippen LogP contribution in [-0.2, 0) is 9.59 Å². The molecule has 19 heavy (non-hydrogen) atoms. The van der Waals surface area contributed by atoms with Crippen molar-refractivity contribution in [1.29, 1.82) is 0 Å². The van der Waals surface area contributed by atoms with Crippen molar-refractivity contribution in [3.05, 3.63) is 0 Å². The molecular weight excluding hydrogens is 242 g/mol. The largest absolute Gasteiger partial charge is 0.347 e. The number of nitrogens with two attached hydrogens (primary N) is 1. The molecule has 0 heterocycles. The van der Waals surface area contributed by atoms with Crippen molar-refractivity contribution in [3.8, 4) is 0 Å². The van der Waals surface area contributed by atoms with E-state index in [9.17, 15) is 9.59 Å². The summed E-state index contributed by atoms with van der Waals surface area (Å²) in [7, 11) is 1.74. The third-order valence-corrected chi connectivity index (χ3v) is 3.03. The molecule has 5 nitrogen and oxygen atoms in total. The Hall–Kier alpha value is -1.10. The maximum absolute atomic E-state index is 11.8. The van der Waals surface area contributed by atoms with Gasteiger partial charge in [-0.2, -0.15) is 0 Å². The third kappa shape index (κ3) is 8.59. The van der Waals surface area contributed by atoms with Crippen LogP contribution in [0.2, 0.25) is 0 Å². The van der Waals surface area contributed by atoms with Crippen LogP contribution in [0.5, 0.6) is 0 Å². The summed E-state index contributed by atoms with van der Waals surface area (Å²) in [5.74, 6) is 0.349. The Morgan fingerprint density at radius 2 is 1.89 bits per heavy atom. The van der Waals surface area contributed by atoms with Gasteiger partial charge in [0, 0.05) is 20.0 Å². The van der Waals surface area contributed by atoms with Crippen LogP contribution in [0.4, 0.5) is 0 Å². The van der Waals surface area contributed by atoms with Gasteiger partial charge in [-0.15, -0.1) is 0 Å². The zero-order valence-electron chi connectivity index (χ0n) is 13.0. The maximum Gasteiger partial charge on any atom is 0.241 e. The molecule has 3 N–H and O–H groups in total. The van der Waals surface area contributed by atoms with E-state index in [0.717, 1.165) is 6.42 Å². The van der Waals surface area contributed by atoms with Crippen molar-refractivity contribution in [2.75, 3.05) is 26.7 Å². The van der Waals surface area contributed by atoms with Crippen molar-refractivity contribution < 1.29 is 9.59 Å². The van der Waals surface area contributed by atoms with E-state index in [2.05, 4.69) is 19.2 Å². The first-order chi connectivity index (χ1) is 8.68. The minimum Gasteiger partial charge on any atom is -0.347 e. The van der Waals surface area contributed by atoms with Crippen LogP contribution < -0.4 is 11.1 Å². The van der Waals surface area contributed by atoms with Crippen LogP contribution in [0.1, 0.15) is 40.5 Å². The molecule has 0 bridgehead atoms. The molecule has 0 fully saturated rings. The highest BCUT2D eigenvalue weighted by Crippen LogP contribution is 2.13. The standard InChI is InChI=1S/C14H29N3O2/c1-11(2)6-7-12(18)16-8-13(19)17(5)10-14(3,4)9-15/h11H,6-10,15H2,1-5H3,(H,16,18). The van der Waals surface area contributed by atoms with E-state index in [1.165, 1.54) is 0 Å². The molecule has 0 aliphatic heterocycles. The molecule has 0 spiro atoms. The second kappa shape index (κ2) is 8.15. The van der Waals surface area contributed by atoms with E-state index in [-0.39, 0.29) is 23.8 Å². The van der Waals surface area contributed by atoms with Gasteiger partial charge >= 0.3 is 0 Å². The Balaban J connectivity index is 4.00. The zero-order chi connectivity index (χ0) is 15.1. The smallest absolute Gasteiger partial charge is 0.241 e. The molecular formula is C14H29N3O2. The van der Waals surface area contributed by atoms with Gasteiger partial charge < -0.3 is 16.0 Å². The number of carbonyl (C=O) groups excluding carboxylic acids is 2. The lowest BCUT2D eigenvalue weighted by Crippen LogP contribution is -2.44. The molecule has 0 aromatic heterocycles. The highest BCUT2D eigenvalue weighted by atomic mass is 16.2. The molecule has 112 valence electrons. The number of nitrogens with zero attached hydrogens (tertiary/aromatic N) is 1. The summed E-state index contributed by atoms with van der Waals surface area (Å²) in [5, 5.41) is 2.66. The summed E-state index contributed by atoms with van der Waals surface area (Å²) >= 11 is 0. The Kier molecular flexibility index (Phi) is 7.68. The van der Waals surface area contributed by atoms with Gasteiger partial charge in [0.2, 0.25) is 11.8 Å². The lowest BCUT2D eigenvalue weighted by Gasteiger charge is -2.29. The first kappa shape index (κ1) is 17.9. The number of hydrogen-bond donors (Lipinski definition) is 2. The Bertz CT molecular complexity index is 301. The van der Waals surface area contributed by atoms with Gasteiger partial charge in [0.25, 0.3) is 0 Å². The van der Waals surface area contributed by atoms with Crippen LogP contribution in [0.25, 0.3) is 0 Å². The Morgan fingerprint density at radius 1 is 1.32 bits per heavy atom. The summed E-state index contributed by atoms with van der Waals surface area (Å²) < 4.78 is 0. The average Bonchev–Trinajstić information content (AvgIpc) is 2.32. The molecule has 0 rings (SSSR count). The highest BCUT2D eigenvalue weighted by molar-refractivity contribution is 5.84. The van der Waals surface area contributed by atoms with Crippen LogP contribution in [-0.4, -0.2) is 43.4 Å². The number of hydrogen-bond acceptors (Lipinski definition) is 3. The van der Waals surface area contributed by atoms with Crippen LogP contribution in [0.15, 0.2) is 0 Å². The molecule has 0 unspecified atom stereocenters. The molecule has 0 saturated carbocycles. The average molecular weight is 271 g/mol. The zero-order valence-corrected chi connectivity index (χ0v) is 13.0. The Morgan fingerprint density at radius 3 is 2.37 bits per heavy atom. The van der Waals surface area contributed by atoms with Gasteiger partial charge in [0.05, 0.1) is 6.54 Å². The van der Waals surface area contributed by atoms with E-state index in [1.807, 2.05) is 13.8 Å². The molecule has 5 heteroatoms. The summed E-state index contributed by atoms with van der Waals surface area (Å²) in [4.78, 5) is 25.0. The second-order valence-electron chi connectivity index (χ2n) is 6.33. The molecule has 0 aromatic carbocycles. The van der Waals surface area contributed by atoms with E-state index < -0.39 is 0 Å². The normalized spacial score (nSPS) is 11.5. The monoisotopic (exact) mass is 271 g/mol. The van der Waals surface area contributed by atoms with Crippen molar-refractivity contribution in [3.63, 3.8) is 0 Å². The number of likely N-dealkylation sites (N-methyl/N-ethyl adjacent to an activating group) is 1. The lowest BCUT2D eigenvalue weighted by atomic mass is 9.93. The van der Waals surface area contributed by atoms with Crippen molar-refractivity contribution in [1.82, 2.24) is 10.2 Å². The molecule has 0 atom stereocenters. The van der Waals surface area contributed by atoms with Crippen LogP contribution in [0, 0.1) is 11.3 Å². The van der Waals surface area contributed by atoms with Gasteiger partial charge in [0.1, 0.15) is 0 Å². The fourth-order valence-corrected chi connectivity index (χ4v) is 1.61. The summed E-state index contributed by atoms with van der Waals surface area (Å²) in [6.45, 7) is 9.34. The fraction of sp³-hybridized carbons (Fsp3) is 0.857. The minimum absolute atomic E-state index is 0.0615. The molecule has 0 aliphatic carbocycles. The quantitative estimate of drug-likeness (QED) is 0.691. The van der Waals surface area contributed by atoms with Crippen LogP contribution >= 0.6 is 0 Å². The first-order valence-corrected chi connectivity index (χ1v) is 6.88. The van der Waals surface area contributed by atoms with Crippen LogP contribution in [0.3, 0.4) is 0 Å². The molecule has 0 aromatic rings. The SMILES string of the molecule is CC(C)CCC(=O)NCC(=O)N(C)CC(C)(C)CN. The van der Waals surface area contributed by atoms with E-state index >= 15 is 0 Å². The predicted molar refractivity (Wildman–Crippen MR) is 77.6 cm³/mol. The Labute approximate surface area is 116 Å². The first-order valence-electron chi connectivity index (χ1n) is 6.88. The molecule has 0 aliphatic rings. The molecule has 0 radical (unpaired) electrons. The highest BCUT2D eigenvalue weighted by Gasteiger charge is 2.21. The van der Waals surface area contributed by atoms with Gasteiger partial charge in [-0.1, -0.05) is 27.7 Å². The van der Waals surface area contributed by atoms with E-state index in [1.54, 1.807) is 11.9 Å². The number of amides is 2. The summed E-state index contributed by atoms with van der Waals surface area (Å²) in [6.07, 6.45) is 1.32. The molecule has 0 saturated heterocycles. The number of carbonyl (C=O) groups is 2. The van der Waals surface area contributed by atoms with Crippen molar-refractivity contribution >= 4 is 11.8 Å². The topological polar surface area (TPSA) is 75.4 Å². The van der Waals surface area contributed by atoms with Gasteiger partial charge in [-0.05, 0) is 24.3 Å². The fourth-order valence-electron chi connectivity index (χ4n) is 1.61. The third-order valence-electron chi connectivity index (χ3n) is 3.03. The number of nitrogens with one attached hydrogen (secondary N) is 1. The lowest BCUT2D eigenvalue weighted by molar-refractivity contribution is -0.132. The minimum atomic E-state index is -0.105. The second-order valence-corrected chi connectivity index (χ2v) is 6.33. The van der Waals surface area contributed by atoms with E-state index in [0.29, 0.717) is 25.4 Å². The maximum atomic E-state index is 11.8. The molecule has 2 amide bonds. The van der Waals surface area contributed by atoms with Crippen molar-refractivity contribution in [2.45, 2.75) is 40.5 Å². The predicted octanol–water partition coefficient (Wildman–Crippen LogP) is 0.982. The summed E-state index contributed by atoms with van der Waals surface area (Å²) in [5.41, 5.74) is 5.53. The van der Waals surface area contributed by atoms with Gasteiger partial charge in [-0.25, -0.2) is 0 Å². The van der Waals surface area contributed by atoms with Gasteiger partial charge in [-0.3, -0.25) is 9.59 Å². The van der Waals surface area contributed by atoms with Crippen molar-refractivity contribution in [2.24, 2.45) is 17.1 Å².